The van der Waals surface area contributed by atoms with Gasteiger partial charge in [-0.25, -0.2) is 0 Å². The van der Waals surface area contributed by atoms with Crippen molar-refractivity contribution in [2.75, 3.05) is 51.4 Å². The van der Waals surface area contributed by atoms with E-state index in [0.29, 0.717) is 5.41 Å². The van der Waals surface area contributed by atoms with Gasteiger partial charge < -0.3 is 10.1 Å². The van der Waals surface area contributed by atoms with Crippen molar-refractivity contribution in [3.63, 3.8) is 0 Å². The normalized spacial score (nSPS) is 30.4. The zero-order chi connectivity index (χ0) is 12.1. The van der Waals surface area contributed by atoms with Crippen LogP contribution in [0.5, 0.6) is 0 Å². The van der Waals surface area contributed by atoms with Crippen molar-refractivity contribution < 1.29 is 4.74 Å². The van der Waals surface area contributed by atoms with Crippen molar-refractivity contribution in [1.82, 2.24) is 10.2 Å². The lowest BCUT2D eigenvalue weighted by atomic mass is 9.79. The lowest BCUT2D eigenvalue weighted by Gasteiger charge is -2.44. The van der Waals surface area contributed by atoms with Gasteiger partial charge in [-0.05, 0) is 32.2 Å². The van der Waals surface area contributed by atoms with Crippen LogP contribution in [0.4, 0.5) is 0 Å². The van der Waals surface area contributed by atoms with E-state index in [4.69, 9.17) is 4.74 Å². The molecule has 17 heavy (non-hydrogen) atoms. The van der Waals surface area contributed by atoms with Gasteiger partial charge in [-0.2, -0.15) is 11.8 Å². The Balaban J connectivity index is 1.95. The number of rotatable bonds is 4. The maximum absolute atomic E-state index is 5.54. The molecule has 3 nitrogen and oxygen atoms in total. The number of nitrogens with zero attached hydrogens (tertiary/aromatic N) is 1. The molecule has 4 heteroatoms. The Hall–Kier alpha value is 0.230. The molecule has 0 saturated carbocycles. The molecule has 1 atom stereocenters. The van der Waals surface area contributed by atoms with Crippen LogP contribution in [0.2, 0.25) is 0 Å². The summed E-state index contributed by atoms with van der Waals surface area (Å²) in [6, 6.07) is 0.741. The fourth-order valence-corrected chi connectivity index (χ4v) is 4.08. The topological polar surface area (TPSA) is 24.5 Å². The van der Waals surface area contributed by atoms with Crippen LogP contribution in [-0.2, 0) is 4.74 Å². The Labute approximate surface area is 110 Å². The molecule has 0 aromatic heterocycles. The summed E-state index contributed by atoms with van der Waals surface area (Å²) in [6.45, 7) is 7.90. The predicted molar refractivity (Wildman–Crippen MR) is 74.8 cm³/mol. The molecule has 1 unspecified atom stereocenters. The van der Waals surface area contributed by atoms with E-state index >= 15 is 0 Å². The molecular weight excluding hydrogens is 232 g/mol. The smallest absolute Gasteiger partial charge is 0.0472 e. The first kappa shape index (κ1) is 13.7. The van der Waals surface area contributed by atoms with E-state index in [2.05, 4.69) is 35.9 Å². The van der Waals surface area contributed by atoms with Crippen molar-refractivity contribution in [3.05, 3.63) is 0 Å². The summed E-state index contributed by atoms with van der Waals surface area (Å²) in [5.74, 6) is 2.60. The molecular formula is C13H26N2OS. The third-order valence-electron chi connectivity index (χ3n) is 4.15. The molecule has 0 radical (unpaired) electrons. The molecule has 0 spiro atoms. The van der Waals surface area contributed by atoms with Crippen LogP contribution in [0.25, 0.3) is 0 Å². The van der Waals surface area contributed by atoms with Gasteiger partial charge in [0.05, 0.1) is 0 Å². The van der Waals surface area contributed by atoms with Crippen LogP contribution in [0.15, 0.2) is 0 Å². The van der Waals surface area contributed by atoms with Gasteiger partial charge in [-0.3, -0.25) is 4.90 Å². The lowest BCUT2D eigenvalue weighted by Crippen LogP contribution is -2.51. The standard InChI is InChI=1S/C13H26N2OS/c1-12-9-17-8-5-15(12)11-13(10-14-2)3-6-16-7-4-13/h12,14H,3-11H2,1-2H3. The molecule has 2 rings (SSSR count). The third kappa shape index (κ3) is 3.60. The van der Waals surface area contributed by atoms with Gasteiger partial charge in [-0.1, -0.05) is 0 Å². The first-order valence-electron chi connectivity index (χ1n) is 6.80. The van der Waals surface area contributed by atoms with Crippen molar-refractivity contribution >= 4 is 11.8 Å². The van der Waals surface area contributed by atoms with Crippen LogP contribution >= 0.6 is 11.8 Å². The van der Waals surface area contributed by atoms with Crippen molar-refractivity contribution in [2.24, 2.45) is 5.41 Å². The molecule has 2 heterocycles. The number of nitrogens with one attached hydrogen (secondary N) is 1. The Morgan fingerprint density at radius 2 is 2.18 bits per heavy atom. The average Bonchev–Trinajstić information content (AvgIpc) is 2.34. The maximum Gasteiger partial charge on any atom is 0.0472 e. The Kier molecular flexibility index (Phi) is 5.15. The van der Waals surface area contributed by atoms with E-state index in [0.717, 1.165) is 25.8 Å². The van der Waals surface area contributed by atoms with Gasteiger partial charge in [-0.15, -0.1) is 0 Å². The van der Waals surface area contributed by atoms with Crippen molar-refractivity contribution in [3.8, 4) is 0 Å². The molecule has 0 aromatic rings. The monoisotopic (exact) mass is 258 g/mol. The second kappa shape index (κ2) is 6.41. The maximum atomic E-state index is 5.54. The molecule has 1 N–H and O–H groups in total. The summed E-state index contributed by atoms with van der Waals surface area (Å²) >= 11 is 2.10. The zero-order valence-corrected chi connectivity index (χ0v) is 12.0. The van der Waals surface area contributed by atoms with Gasteiger partial charge >= 0.3 is 0 Å². The van der Waals surface area contributed by atoms with Crippen molar-refractivity contribution in [2.45, 2.75) is 25.8 Å². The Morgan fingerprint density at radius 1 is 1.41 bits per heavy atom. The molecule has 2 saturated heterocycles. The summed E-state index contributed by atoms with van der Waals surface area (Å²) in [5.41, 5.74) is 0.448. The van der Waals surface area contributed by atoms with Crippen molar-refractivity contribution in [1.29, 1.82) is 0 Å². The van der Waals surface area contributed by atoms with Crippen LogP contribution in [0.3, 0.4) is 0 Å². The summed E-state index contributed by atoms with van der Waals surface area (Å²) in [4.78, 5) is 2.69. The van der Waals surface area contributed by atoms with Gasteiger partial charge in [0.1, 0.15) is 0 Å². The number of hydrogen-bond acceptors (Lipinski definition) is 4. The first-order chi connectivity index (χ1) is 8.26. The average molecular weight is 258 g/mol. The van der Waals surface area contributed by atoms with Crippen LogP contribution in [0.1, 0.15) is 19.8 Å². The number of thioether (sulfide) groups is 1. The molecule has 0 bridgehead atoms. The van der Waals surface area contributed by atoms with Crippen LogP contribution < -0.4 is 5.32 Å². The summed E-state index contributed by atoms with van der Waals surface area (Å²) in [7, 11) is 2.08. The second-order valence-corrected chi connectivity index (χ2v) is 6.69. The lowest BCUT2D eigenvalue weighted by molar-refractivity contribution is -0.00766. The first-order valence-corrected chi connectivity index (χ1v) is 7.95. The van der Waals surface area contributed by atoms with Gasteiger partial charge in [0.15, 0.2) is 0 Å². The van der Waals surface area contributed by atoms with E-state index in [1.54, 1.807) is 0 Å². The highest BCUT2D eigenvalue weighted by atomic mass is 32.2. The second-order valence-electron chi connectivity index (χ2n) is 5.54. The minimum absolute atomic E-state index is 0.448. The van der Waals surface area contributed by atoms with Crippen LogP contribution in [-0.4, -0.2) is 62.3 Å². The molecule has 0 aromatic carbocycles. The van der Waals surface area contributed by atoms with E-state index in [1.807, 2.05) is 0 Å². The molecule has 100 valence electrons. The third-order valence-corrected chi connectivity index (χ3v) is 5.34. The largest absolute Gasteiger partial charge is 0.381 e. The molecule has 2 fully saturated rings. The SMILES string of the molecule is CNCC1(CN2CCSCC2C)CCOCC1. The molecule has 0 aliphatic carbocycles. The van der Waals surface area contributed by atoms with E-state index in [1.165, 1.54) is 37.4 Å². The predicted octanol–water partition coefficient (Wildman–Crippen LogP) is 1.44. The van der Waals surface area contributed by atoms with Gasteiger partial charge in [0, 0.05) is 50.4 Å². The quantitative estimate of drug-likeness (QED) is 0.825. The minimum Gasteiger partial charge on any atom is -0.381 e. The molecule has 2 aliphatic heterocycles. The summed E-state index contributed by atoms with van der Waals surface area (Å²) in [6.07, 6.45) is 2.43. The minimum atomic E-state index is 0.448. The summed E-state index contributed by atoms with van der Waals surface area (Å²) < 4.78 is 5.54. The van der Waals surface area contributed by atoms with E-state index in [-0.39, 0.29) is 0 Å². The Bertz CT molecular complexity index is 226. The van der Waals surface area contributed by atoms with E-state index < -0.39 is 0 Å². The highest BCUT2D eigenvalue weighted by Gasteiger charge is 2.35. The molecule has 0 amide bonds. The fourth-order valence-electron chi connectivity index (χ4n) is 3.00. The van der Waals surface area contributed by atoms with Gasteiger partial charge in [0.2, 0.25) is 0 Å². The van der Waals surface area contributed by atoms with E-state index in [9.17, 15) is 0 Å². The number of hydrogen-bond donors (Lipinski definition) is 1. The van der Waals surface area contributed by atoms with Crippen LogP contribution in [0, 0.1) is 5.41 Å². The highest BCUT2D eigenvalue weighted by molar-refractivity contribution is 7.99. The summed E-state index contributed by atoms with van der Waals surface area (Å²) in [5, 5.41) is 3.40. The zero-order valence-electron chi connectivity index (χ0n) is 11.2. The highest BCUT2D eigenvalue weighted by Crippen LogP contribution is 2.32. The Morgan fingerprint density at radius 3 is 2.82 bits per heavy atom. The number of ether oxygens (including phenoxy) is 1. The fraction of sp³-hybridized carbons (Fsp3) is 1.00. The van der Waals surface area contributed by atoms with Gasteiger partial charge in [0.25, 0.3) is 0 Å². The molecule has 2 aliphatic rings.